The Morgan fingerprint density at radius 1 is 0.867 bits per heavy atom. The minimum absolute atomic E-state index is 0.210. The molecule has 0 radical (unpaired) electrons. The Labute approximate surface area is 179 Å². The molecule has 0 spiro atoms. The second kappa shape index (κ2) is 12.6. The predicted molar refractivity (Wildman–Crippen MR) is 119 cm³/mol. The quantitative estimate of drug-likeness (QED) is 0.288. The molecule has 160 valence electrons. The number of esters is 2. The Bertz CT molecular complexity index is 810. The lowest BCUT2D eigenvalue weighted by molar-refractivity contribution is -0.145. The first-order valence-corrected chi connectivity index (χ1v) is 10.3. The first kappa shape index (κ1) is 23.4. The number of rotatable bonds is 12. The molecule has 0 amide bonds. The van der Waals surface area contributed by atoms with Gasteiger partial charge in [0.15, 0.2) is 0 Å². The van der Waals surface area contributed by atoms with Crippen molar-refractivity contribution in [1.82, 2.24) is 4.90 Å². The van der Waals surface area contributed by atoms with E-state index >= 15 is 0 Å². The molecule has 2 aromatic carbocycles. The van der Waals surface area contributed by atoms with Crippen LogP contribution in [0.1, 0.15) is 36.8 Å². The van der Waals surface area contributed by atoms with E-state index in [-0.39, 0.29) is 12.6 Å². The van der Waals surface area contributed by atoms with Gasteiger partial charge >= 0.3 is 11.9 Å². The summed E-state index contributed by atoms with van der Waals surface area (Å²) in [7, 11) is 4.12. The Kier molecular flexibility index (Phi) is 9.81. The van der Waals surface area contributed by atoms with Gasteiger partial charge in [-0.15, -0.1) is 0 Å². The molecule has 0 aliphatic heterocycles. The number of carbonyl (C=O) groups excluding carboxylic acids is 2. The zero-order chi connectivity index (χ0) is 21.8. The van der Waals surface area contributed by atoms with E-state index in [0.29, 0.717) is 19.4 Å². The van der Waals surface area contributed by atoms with Crippen LogP contribution in [0.2, 0.25) is 0 Å². The molecular weight excluding hydrogens is 378 g/mol. The van der Waals surface area contributed by atoms with Gasteiger partial charge in [-0.05, 0) is 55.6 Å². The summed E-state index contributed by atoms with van der Waals surface area (Å²) in [6, 6.07) is 16.6. The molecule has 0 atom stereocenters. The molecule has 5 nitrogen and oxygen atoms in total. The minimum atomic E-state index is -0.415. The second-order valence-corrected chi connectivity index (χ2v) is 7.47. The van der Waals surface area contributed by atoms with Crippen LogP contribution < -0.4 is 0 Å². The van der Waals surface area contributed by atoms with Gasteiger partial charge in [0.2, 0.25) is 0 Å². The van der Waals surface area contributed by atoms with Crippen LogP contribution in [0.15, 0.2) is 61.2 Å². The molecule has 0 saturated heterocycles. The molecule has 2 aromatic rings. The summed E-state index contributed by atoms with van der Waals surface area (Å²) < 4.78 is 10.2. The molecule has 0 saturated carbocycles. The summed E-state index contributed by atoms with van der Waals surface area (Å²) in [4.78, 5) is 24.9. The van der Waals surface area contributed by atoms with Crippen LogP contribution in [-0.4, -0.2) is 37.5 Å². The van der Waals surface area contributed by atoms with Crippen LogP contribution in [-0.2, 0) is 32.2 Å². The molecule has 2 rings (SSSR count). The third-order valence-corrected chi connectivity index (χ3v) is 4.58. The SMILES string of the molecule is C=CC(=O)OCCCCCC(=O)OCc1ccc(-c2ccc(CN(C)C)cc2)cc1. The summed E-state index contributed by atoms with van der Waals surface area (Å²) in [6.07, 6.45) is 3.76. The first-order chi connectivity index (χ1) is 14.5. The Hall–Kier alpha value is -2.92. The summed E-state index contributed by atoms with van der Waals surface area (Å²) in [6.45, 7) is 4.89. The van der Waals surface area contributed by atoms with E-state index in [1.54, 1.807) is 0 Å². The maximum atomic E-state index is 11.9. The zero-order valence-electron chi connectivity index (χ0n) is 17.9. The number of benzene rings is 2. The molecule has 0 aliphatic rings. The molecule has 0 unspecified atom stereocenters. The number of nitrogens with zero attached hydrogens (tertiary/aromatic N) is 1. The van der Waals surface area contributed by atoms with Gasteiger partial charge in [0, 0.05) is 19.0 Å². The van der Waals surface area contributed by atoms with Crippen LogP contribution >= 0.6 is 0 Å². The van der Waals surface area contributed by atoms with E-state index < -0.39 is 5.97 Å². The van der Waals surface area contributed by atoms with Gasteiger partial charge in [-0.3, -0.25) is 4.79 Å². The lowest BCUT2D eigenvalue weighted by atomic mass is 10.0. The molecule has 0 aliphatic carbocycles. The third kappa shape index (κ3) is 8.62. The Morgan fingerprint density at radius 2 is 1.47 bits per heavy atom. The number of unbranched alkanes of at least 4 members (excludes halogenated alkanes) is 2. The van der Waals surface area contributed by atoms with E-state index in [1.165, 1.54) is 11.1 Å². The lowest BCUT2D eigenvalue weighted by Crippen LogP contribution is -2.10. The maximum Gasteiger partial charge on any atom is 0.330 e. The summed E-state index contributed by atoms with van der Waals surface area (Å²) in [5, 5.41) is 0. The molecule has 5 heteroatoms. The van der Waals surface area contributed by atoms with Crippen molar-refractivity contribution < 1.29 is 19.1 Å². The maximum absolute atomic E-state index is 11.9. The first-order valence-electron chi connectivity index (χ1n) is 10.3. The van der Waals surface area contributed by atoms with Gasteiger partial charge < -0.3 is 14.4 Å². The van der Waals surface area contributed by atoms with E-state index in [0.717, 1.165) is 36.6 Å². The van der Waals surface area contributed by atoms with Crippen LogP contribution in [0.5, 0.6) is 0 Å². The van der Waals surface area contributed by atoms with Crippen molar-refractivity contribution in [1.29, 1.82) is 0 Å². The van der Waals surface area contributed by atoms with Crippen molar-refractivity contribution in [3.05, 3.63) is 72.3 Å². The van der Waals surface area contributed by atoms with Crippen molar-refractivity contribution in [2.45, 2.75) is 38.8 Å². The normalized spacial score (nSPS) is 10.6. The van der Waals surface area contributed by atoms with Gasteiger partial charge in [0.05, 0.1) is 6.61 Å². The molecule has 0 N–H and O–H groups in total. The number of hydrogen-bond acceptors (Lipinski definition) is 5. The van der Waals surface area contributed by atoms with Gasteiger partial charge in [0.1, 0.15) is 6.61 Å². The van der Waals surface area contributed by atoms with Crippen molar-refractivity contribution >= 4 is 11.9 Å². The monoisotopic (exact) mass is 409 g/mol. The molecular formula is C25H31NO4. The lowest BCUT2D eigenvalue weighted by Gasteiger charge is -2.10. The molecule has 0 heterocycles. The zero-order valence-corrected chi connectivity index (χ0v) is 17.9. The Balaban J connectivity index is 1.69. The average molecular weight is 410 g/mol. The topological polar surface area (TPSA) is 55.8 Å². The van der Waals surface area contributed by atoms with Crippen LogP contribution in [0.3, 0.4) is 0 Å². The standard InChI is InChI=1S/C25H31NO4/c1-4-24(27)29-17-7-5-6-8-25(28)30-19-21-11-15-23(16-12-21)22-13-9-20(10-14-22)18-26(2)3/h4,9-16H,1,5-8,17-19H2,2-3H3. The van der Waals surface area contributed by atoms with Crippen LogP contribution in [0.25, 0.3) is 11.1 Å². The smallest absolute Gasteiger partial charge is 0.330 e. The van der Waals surface area contributed by atoms with Crippen LogP contribution in [0, 0.1) is 0 Å². The number of carbonyl (C=O) groups is 2. The summed E-state index contributed by atoms with van der Waals surface area (Å²) in [5.41, 5.74) is 4.55. The van der Waals surface area contributed by atoms with Gasteiger partial charge in [0.25, 0.3) is 0 Å². The van der Waals surface area contributed by atoms with Crippen LogP contribution in [0.4, 0.5) is 0 Å². The molecule has 0 aromatic heterocycles. The highest BCUT2D eigenvalue weighted by molar-refractivity contribution is 5.81. The average Bonchev–Trinajstić information content (AvgIpc) is 2.75. The van der Waals surface area contributed by atoms with Crippen molar-refractivity contribution in [3.8, 4) is 11.1 Å². The fourth-order valence-corrected chi connectivity index (χ4v) is 2.98. The largest absolute Gasteiger partial charge is 0.463 e. The molecule has 0 fully saturated rings. The van der Waals surface area contributed by atoms with Gasteiger partial charge in [-0.25, -0.2) is 4.79 Å². The number of hydrogen-bond donors (Lipinski definition) is 0. The van der Waals surface area contributed by atoms with E-state index in [1.807, 2.05) is 12.1 Å². The van der Waals surface area contributed by atoms with E-state index in [9.17, 15) is 9.59 Å². The highest BCUT2D eigenvalue weighted by atomic mass is 16.5. The van der Waals surface area contributed by atoms with E-state index in [2.05, 4.69) is 62.0 Å². The highest BCUT2D eigenvalue weighted by Gasteiger charge is 2.05. The van der Waals surface area contributed by atoms with Gasteiger partial charge in [-0.1, -0.05) is 55.1 Å². The fourth-order valence-electron chi connectivity index (χ4n) is 2.98. The fraction of sp³-hybridized carbons (Fsp3) is 0.360. The van der Waals surface area contributed by atoms with Crippen molar-refractivity contribution in [2.24, 2.45) is 0 Å². The predicted octanol–water partition coefficient (Wildman–Crippen LogP) is 4.75. The second-order valence-electron chi connectivity index (χ2n) is 7.47. The van der Waals surface area contributed by atoms with Crippen molar-refractivity contribution in [2.75, 3.05) is 20.7 Å². The third-order valence-electron chi connectivity index (χ3n) is 4.58. The Morgan fingerprint density at radius 3 is 2.03 bits per heavy atom. The number of ether oxygens (including phenoxy) is 2. The molecule has 30 heavy (non-hydrogen) atoms. The van der Waals surface area contributed by atoms with Crippen molar-refractivity contribution in [3.63, 3.8) is 0 Å². The molecule has 0 bridgehead atoms. The highest BCUT2D eigenvalue weighted by Crippen LogP contribution is 2.21. The summed E-state index contributed by atoms with van der Waals surface area (Å²) >= 11 is 0. The minimum Gasteiger partial charge on any atom is -0.463 e. The summed E-state index contributed by atoms with van der Waals surface area (Å²) in [5.74, 6) is -0.625. The van der Waals surface area contributed by atoms with E-state index in [4.69, 9.17) is 9.47 Å². The van der Waals surface area contributed by atoms with Gasteiger partial charge in [-0.2, -0.15) is 0 Å².